The van der Waals surface area contributed by atoms with Crippen molar-refractivity contribution in [3.05, 3.63) is 35.9 Å². The summed E-state index contributed by atoms with van der Waals surface area (Å²) in [7, 11) is 0. The van der Waals surface area contributed by atoms with Gasteiger partial charge in [-0.25, -0.2) is 0 Å². The van der Waals surface area contributed by atoms with Crippen LogP contribution in [0.25, 0.3) is 0 Å². The zero-order chi connectivity index (χ0) is 15.5. The van der Waals surface area contributed by atoms with E-state index >= 15 is 0 Å². The zero-order valence-electron chi connectivity index (χ0n) is 12.4. The fraction of sp³-hybridized carbons (Fsp3) is 0.500. The molecular weight excluding hydrogens is 298 g/mol. The van der Waals surface area contributed by atoms with E-state index in [0.29, 0.717) is 29.7 Å². The van der Waals surface area contributed by atoms with Crippen molar-refractivity contribution in [3.8, 4) is 0 Å². The van der Waals surface area contributed by atoms with Crippen molar-refractivity contribution in [3.63, 3.8) is 0 Å². The van der Waals surface area contributed by atoms with Crippen LogP contribution in [0.5, 0.6) is 0 Å². The summed E-state index contributed by atoms with van der Waals surface area (Å²) in [5.74, 6) is 1.58. The van der Waals surface area contributed by atoms with Gasteiger partial charge in [0.15, 0.2) is 0 Å². The topological polar surface area (TPSA) is 75.4 Å². The van der Waals surface area contributed by atoms with Crippen molar-refractivity contribution >= 4 is 23.6 Å². The molecule has 0 radical (unpaired) electrons. The first-order chi connectivity index (χ1) is 10.7. The lowest BCUT2D eigenvalue weighted by molar-refractivity contribution is -0.124. The molecule has 1 aromatic carbocycles. The zero-order valence-corrected chi connectivity index (χ0v) is 13.2. The van der Waals surface area contributed by atoms with Crippen LogP contribution in [0.2, 0.25) is 0 Å². The molecule has 5 nitrogen and oxygen atoms in total. The van der Waals surface area contributed by atoms with Crippen LogP contribution in [0.3, 0.4) is 0 Å². The van der Waals surface area contributed by atoms with Gasteiger partial charge in [-0.05, 0) is 30.9 Å². The smallest absolute Gasteiger partial charge is 0.255 e. The number of carbonyl (C=O) groups excluding carboxylic acids is 2. The molecule has 1 saturated heterocycles. The third-order valence-corrected chi connectivity index (χ3v) is 5.22. The Morgan fingerprint density at radius 3 is 2.73 bits per heavy atom. The minimum absolute atomic E-state index is 0.0382. The van der Waals surface area contributed by atoms with Gasteiger partial charge >= 0.3 is 0 Å². The Bertz CT molecular complexity index is 548. The van der Waals surface area contributed by atoms with E-state index in [1.165, 1.54) is 0 Å². The van der Waals surface area contributed by atoms with Crippen molar-refractivity contribution in [1.82, 2.24) is 10.2 Å². The molecule has 1 aliphatic heterocycles. The Hall–Kier alpha value is -1.53. The monoisotopic (exact) mass is 319 g/mol. The largest absolute Gasteiger partial charge is 0.353 e. The first-order valence-electron chi connectivity index (χ1n) is 7.64. The van der Waals surface area contributed by atoms with Crippen LogP contribution < -0.4 is 11.1 Å². The maximum Gasteiger partial charge on any atom is 0.255 e. The molecule has 6 heteroatoms. The molecule has 2 aliphatic rings. The molecule has 2 fully saturated rings. The van der Waals surface area contributed by atoms with E-state index < -0.39 is 6.04 Å². The Balaban J connectivity index is 1.59. The van der Waals surface area contributed by atoms with Crippen LogP contribution >= 0.6 is 11.8 Å². The molecule has 3 rings (SSSR count). The molecule has 1 saturated carbocycles. The van der Waals surface area contributed by atoms with Crippen LogP contribution in [-0.4, -0.2) is 47.0 Å². The van der Waals surface area contributed by atoms with E-state index in [1.54, 1.807) is 28.8 Å². The van der Waals surface area contributed by atoms with Crippen molar-refractivity contribution in [1.29, 1.82) is 0 Å². The predicted molar refractivity (Wildman–Crippen MR) is 87.4 cm³/mol. The first kappa shape index (κ1) is 15.4. The van der Waals surface area contributed by atoms with Gasteiger partial charge in [0.2, 0.25) is 5.91 Å². The molecule has 1 heterocycles. The van der Waals surface area contributed by atoms with Gasteiger partial charge < -0.3 is 16.0 Å². The number of hydrogen-bond acceptors (Lipinski definition) is 4. The maximum atomic E-state index is 12.5. The molecule has 3 N–H and O–H groups in total. The lowest BCUT2D eigenvalue weighted by atomic mass is 10.1. The Morgan fingerprint density at radius 1 is 1.32 bits per heavy atom. The highest BCUT2D eigenvalue weighted by Gasteiger charge is 2.36. The average molecular weight is 319 g/mol. The average Bonchev–Trinajstić information content (AvgIpc) is 3.29. The van der Waals surface area contributed by atoms with Gasteiger partial charge in [0.1, 0.15) is 6.04 Å². The summed E-state index contributed by atoms with van der Waals surface area (Å²) in [6.45, 7) is 0.498. The highest BCUT2D eigenvalue weighted by molar-refractivity contribution is 7.99. The molecule has 0 spiro atoms. The summed E-state index contributed by atoms with van der Waals surface area (Å²) in [5, 5.41) is 2.91. The highest BCUT2D eigenvalue weighted by atomic mass is 32.2. The normalized spacial score (nSPS) is 22.4. The second-order valence-corrected chi connectivity index (χ2v) is 6.90. The van der Waals surface area contributed by atoms with Gasteiger partial charge in [-0.3, -0.25) is 9.59 Å². The SMILES string of the molecule is NC(CNC(=O)C1CSCN1C(=O)c1ccccc1)C1CC1. The van der Waals surface area contributed by atoms with E-state index in [4.69, 9.17) is 5.73 Å². The Labute approximate surface area is 134 Å². The number of amides is 2. The van der Waals surface area contributed by atoms with Gasteiger partial charge in [0.25, 0.3) is 5.91 Å². The summed E-state index contributed by atoms with van der Waals surface area (Å²) < 4.78 is 0. The summed E-state index contributed by atoms with van der Waals surface area (Å²) in [4.78, 5) is 26.5. The van der Waals surface area contributed by atoms with Crippen LogP contribution in [-0.2, 0) is 4.79 Å². The number of nitrogens with two attached hydrogens (primary N) is 1. The number of thioether (sulfide) groups is 1. The van der Waals surface area contributed by atoms with E-state index in [0.717, 1.165) is 12.8 Å². The summed E-state index contributed by atoms with van der Waals surface area (Å²) in [6.07, 6.45) is 2.32. The van der Waals surface area contributed by atoms with Gasteiger partial charge in [-0.15, -0.1) is 11.8 Å². The fourth-order valence-corrected chi connectivity index (χ4v) is 3.79. The maximum absolute atomic E-state index is 12.5. The Kier molecular flexibility index (Phi) is 4.69. The molecule has 0 bridgehead atoms. The standard InChI is InChI=1S/C16H21N3O2S/c17-13(11-6-7-11)8-18-15(20)14-9-22-10-19(14)16(21)12-4-2-1-3-5-12/h1-5,11,13-14H,6-10,17H2,(H,18,20). The number of hydrogen-bond donors (Lipinski definition) is 2. The molecule has 2 unspecified atom stereocenters. The third-order valence-electron chi connectivity index (χ3n) is 4.21. The summed E-state index contributed by atoms with van der Waals surface area (Å²) >= 11 is 1.61. The Morgan fingerprint density at radius 2 is 2.05 bits per heavy atom. The quantitative estimate of drug-likeness (QED) is 0.851. The second-order valence-electron chi connectivity index (χ2n) is 5.90. The van der Waals surface area contributed by atoms with Gasteiger partial charge in [0, 0.05) is 23.9 Å². The summed E-state index contributed by atoms with van der Waals surface area (Å²) in [5.41, 5.74) is 6.63. The van der Waals surface area contributed by atoms with Crippen LogP contribution in [0.4, 0.5) is 0 Å². The first-order valence-corrected chi connectivity index (χ1v) is 8.79. The van der Waals surface area contributed by atoms with Gasteiger partial charge in [-0.1, -0.05) is 18.2 Å². The summed E-state index contributed by atoms with van der Waals surface area (Å²) in [6, 6.07) is 8.74. The highest BCUT2D eigenvalue weighted by Crippen LogP contribution is 2.31. The predicted octanol–water partition coefficient (Wildman–Crippen LogP) is 1.06. The second kappa shape index (κ2) is 6.71. The third kappa shape index (κ3) is 3.44. The van der Waals surface area contributed by atoms with E-state index in [2.05, 4.69) is 5.32 Å². The lowest BCUT2D eigenvalue weighted by Crippen LogP contribution is -2.49. The molecule has 0 aromatic heterocycles. The van der Waals surface area contributed by atoms with Gasteiger partial charge in [0.05, 0.1) is 5.88 Å². The van der Waals surface area contributed by atoms with Crippen molar-refractivity contribution in [2.75, 3.05) is 18.2 Å². The van der Waals surface area contributed by atoms with E-state index in [9.17, 15) is 9.59 Å². The van der Waals surface area contributed by atoms with E-state index in [1.807, 2.05) is 18.2 Å². The number of rotatable bonds is 5. The van der Waals surface area contributed by atoms with Crippen LogP contribution in [0, 0.1) is 5.92 Å². The number of benzene rings is 1. The molecular formula is C16H21N3O2S. The van der Waals surface area contributed by atoms with Crippen molar-refractivity contribution in [2.45, 2.75) is 24.9 Å². The molecule has 1 aromatic rings. The number of carbonyl (C=O) groups is 2. The minimum atomic E-state index is -0.399. The van der Waals surface area contributed by atoms with Crippen molar-refractivity contribution in [2.24, 2.45) is 11.7 Å². The van der Waals surface area contributed by atoms with E-state index in [-0.39, 0.29) is 17.9 Å². The molecule has 2 atom stereocenters. The molecule has 2 amide bonds. The minimum Gasteiger partial charge on any atom is -0.353 e. The van der Waals surface area contributed by atoms with Gasteiger partial charge in [-0.2, -0.15) is 0 Å². The number of nitrogens with zero attached hydrogens (tertiary/aromatic N) is 1. The lowest BCUT2D eigenvalue weighted by Gasteiger charge is -2.24. The molecule has 1 aliphatic carbocycles. The van der Waals surface area contributed by atoms with Crippen LogP contribution in [0.15, 0.2) is 30.3 Å². The van der Waals surface area contributed by atoms with Crippen molar-refractivity contribution < 1.29 is 9.59 Å². The number of nitrogens with one attached hydrogen (secondary N) is 1. The fourth-order valence-electron chi connectivity index (χ4n) is 2.63. The van der Waals surface area contributed by atoms with Crippen LogP contribution in [0.1, 0.15) is 23.2 Å². The molecule has 22 heavy (non-hydrogen) atoms. The molecule has 118 valence electrons.